The maximum absolute atomic E-state index is 6.05. The number of alkyl halides is 1. The van der Waals surface area contributed by atoms with Gasteiger partial charge in [-0.1, -0.05) is 25.4 Å². The van der Waals surface area contributed by atoms with Crippen LogP contribution in [0.15, 0.2) is 18.2 Å². The SMILES string of the molecule is CC(C)C(C)n1c(CCl)nc2ccc(Cl)cc21. The van der Waals surface area contributed by atoms with Gasteiger partial charge in [-0.2, -0.15) is 0 Å². The van der Waals surface area contributed by atoms with Gasteiger partial charge in [-0.05, 0) is 31.0 Å². The number of aromatic nitrogens is 2. The van der Waals surface area contributed by atoms with Gasteiger partial charge in [-0.3, -0.25) is 0 Å². The topological polar surface area (TPSA) is 17.8 Å². The zero-order chi connectivity index (χ0) is 12.6. The lowest BCUT2D eigenvalue weighted by Crippen LogP contribution is -2.13. The predicted octanol–water partition coefficient (Wildman–Crippen LogP) is 4.65. The third-order valence-corrected chi connectivity index (χ3v) is 3.69. The monoisotopic (exact) mass is 270 g/mol. The van der Waals surface area contributed by atoms with Crippen LogP contribution in [0, 0.1) is 5.92 Å². The average Bonchev–Trinajstić information content (AvgIpc) is 2.65. The van der Waals surface area contributed by atoms with E-state index >= 15 is 0 Å². The molecule has 0 bridgehead atoms. The lowest BCUT2D eigenvalue weighted by atomic mass is 10.1. The number of nitrogens with zero attached hydrogens (tertiary/aromatic N) is 2. The number of hydrogen-bond donors (Lipinski definition) is 0. The minimum absolute atomic E-state index is 0.354. The summed E-state index contributed by atoms with van der Waals surface area (Å²) in [6, 6.07) is 6.11. The van der Waals surface area contributed by atoms with Crippen LogP contribution < -0.4 is 0 Å². The summed E-state index contributed by atoms with van der Waals surface area (Å²) in [5, 5.41) is 0.732. The van der Waals surface area contributed by atoms with E-state index in [9.17, 15) is 0 Å². The van der Waals surface area contributed by atoms with Gasteiger partial charge >= 0.3 is 0 Å². The maximum Gasteiger partial charge on any atom is 0.125 e. The van der Waals surface area contributed by atoms with Crippen LogP contribution in [-0.4, -0.2) is 9.55 Å². The van der Waals surface area contributed by atoms with Crippen molar-refractivity contribution in [3.8, 4) is 0 Å². The van der Waals surface area contributed by atoms with Crippen molar-refractivity contribution in [1.29, 1.82) is 0 Å². The Kier molecular flexibility index (Phi) is 3.64. The van der Waals surface area contributed by atoms with E-state index in [1.807, 2.05) is 18.2 Å². The highest BCUT2D eigenvalue weighted by atomic mass is 35.5. The fourth-order valence-corrected chi connectivity index (χ4v) is 2.32. The molecule has 1 aromatic heterocycles. The Hall–Kier alpha value is -0.730. The van der Waals surface area contributed by atoms with Gasteiger partial charge in [0.15, 0.2) is 0 Å². The molecule has 0 saturated heterocycles. The zero-order valence-electron chi connectivity index (χ0n) is 10.2. The summed E-state index contributed by atoms with van der Waals surface area (Å²) in [5.41, 5.74) is 2.02. The predicted molar refractivity (Wildman–Crippen MR) is 73.8 cm³/mol. The molecule has 1 heterocycles. The largest absolute Gasteiger partial charge is 0.324 e. The normalized spacial score (nSPS) is 13.5. The summed E-state index contributed by atoms with van der Waals surface area (Å²) < 4.78 is 2.19. The Morgan fingerprint density at radius 1 is 1.29 bits per heavy atom. The van der Waals surface area contributed by atoms with Crippen LogP contribution >= 0.6 is 23.2 Å². The van der Waals surface area contributed by atoms with Gasteiger partial charge in [0, 0.05) is 11.1 Å². The molecule has 0 N–H and O–H groups in total. The quantitative estimate of drug-likeness (QED) is 0.743. The van der Waals surface area contributed by atoms with Gasteiger partial charge in [0.05, 0.1) is 16.9 Å². The summed E-state index contributed by atoms with van der Waals surface area (Å²) in [5.74, 6) is 1.85. The molecular formula is C13H16Cl2N2. The highest BCUT2D eigenvalue weighted by Gasteiger charge is 2.17. The first-order valence-electron chi connectivity index (χ1n) is 5.77. The van der Waals surface area contributed by atoms with Crippen LogP contribution in [0.1, 0.15) is 32.6 Å². The first kappa shape index (κ1) is 12.7. The standard InChI is InChI=1S/C13H16Cl2N2/c1-8(2)9(3)17-12-6-10(15)4-5-11(12)16-13(17)7-14/h4-6,8-9H,7H2,1-3H3. The van der Waals surface area contributed by atoms with Crippen LogP contribution in [-0.2, 0) is 5.88 Å². The Morgan fingerprint density at radius 3 is 2.59 bits per heavy atom. The van der Waals surface area contributed by atoms with E-state index in [1.54, 1.807) is 0 Å². The van der Waals surface area contributed by atoms with Crippen molar-refractivity contribution >= 4 is 34.2 Å². The Bertz CT molecular complexity index is 531. The first-order valence-corrected chi connectivity index (χ1v) is 6.68. The summed E-state index contributed by atoms with van der Waals surface area (Å²) >= 11 is 12.0. The molecule has 1 atom stereocenters. The highest BCUT2D eigenvalue weighted by molar-refractivity contribution is 6.31. The van der Waals surface area contributed by atoms with E-state index in [4.69, 9.17) is 23.2 Å². The molecule has 0 aliphatic heterocycles. The molecule has 4 heteroatoms. The summed E-state index contributed by atoms with van der Waals surface area (Å²) in [6.07, 6.45) is 0. The van der Waals surface area contributed by atoms with Gasteiger partial charge in [-0.25, -0.2) is 4.98 Å². The molecular weight excluding hydrogens is 255 g/mol. The van der Waals surface area contributed by atoms with E-state index in [-0.39, 0.29) is 0 Å². The van der Waals surface area contributed by atoms with Crippen LogP contribution in [0.2, 0.25) is 5.02 Å². The molecule has 0 fully saturated rings. The molecule has 92 valence electrons. The fraction of sp³-hybridized carbons (Fsp3) is 0.462. The Morgan fingerprint density at radius 2 is 2.00 bits per heavy atom. The van der Waals surface area contributed by atoms with Gasteiger partial charge in [-0.15, -0.1) is 11.6 Å². The third-order valence-electron chi connectivity index (χ3n) is 3.22. The lowest BCUT2D eigenvalue weighted by molar-refractivity contribution is 0.409. The van der Waals surface area contributed by atoms with Crippen molar-refractivity contribution in [2.75, 3.05) is 0 Å². The minimum Gasteiger partial charge on any atom is -0.324 e. The number of benzene rings is 1. The minimum atomic E-state index is 0.354. The van der Waals surface area contributed by atoms with Crippen LogP contribution in [0.3, 0.4) is 0 Å². The molecule has 0 radical (unpaired) electrons. The molecule has 2 rings (SSSR count). The van der Waals surface area contributed by atoms with Crippen molar-refractivity contribution in [3.63, 3.8) is 0 Å². The van der Waals surface area contributed by atoms with Crippen LogP contribution in [0.4, 0.5) is 0 Å². The van der Waals surface area contributed by atoms with Gasteiger partial charge in [0.2, 0.25) is 0 Å². The van der Waals surface area contributed by atoms with E-state index in [0.29, 0.717) is 17.8 Å². The van der Waals surface area contributed by atoms with Crippen LogP contribution in [0.5, 0.6) is 0 Å². The van der Waals surface area contributed by atoms with Crippen molar-refractivity contribution in [2.24, 2.45) is 5.92 Å². The van der Waals surface area contributed by atoms with Crippen molar-refractivity contribution in [2.45, 2.75) is 32.7 Å². The molecule has 0 spiro atoms. The highest BCUT2D eigenvalue weighted by Crippen LogP contribution is 2.28. The lowest BCUT2D eigenvalue weighted by Gasteiger charge is -2.20. The van der Waals surface area contributed by atoms with E-state index in [0.717, 1.165) is 21.9 Å². The number of rotatable bonds is 3. The molecule has 0 saturated carbocycles. The molecule has 2 aromatic rings. The zero-order valence-corrected chi connectivity index (χ0v) is 11.8. The van der Waals surface area contributed by atoms with Crippen molar-refractivity contribution in [3.05, 3.63) is 29.0 Å². The molecule has 1 aromatic carbocycles. The summed E-state index contributed by atoms with van der Waals surface area (Å²) in [6.45, 7) is 6.57. The molecule has 0 aliphatic rings. The summed E-state index contributed by atoms with van der Waals surface area (Å²) in [7, 11) is 0. The second-order valence-electron chi connectivity index (χ2n) is 4.65. The summed E-state index contributed by atoms with van der Waals surface area (Å²) in [4.78, 5) is 4.55. The molecule has 17 heavy (non-hydrogen) atoms. The van der Waals surface area contributed by atoms with Gasteiger partial charge in [0.1, 0.15) is 5.82 Å². The molecule has 2 nitrogen and oxygen atoms in total. The third kappa shape index (κ3) is 2.29. The van der Waals surface area contributed by atoms with Crippen molar-refractivity contribution < 1.29 is 0 Å². The fourth-order valence-electron chi connectivity index (χ4n) is 1.96. The smallest absolute Gasteiger partial charge is 0.125 e. The second-order valence-corrected chi connectivity index (χ2v) is 5.35. The second kappa shape index (κ2) is 4.87. The van der Waals surface area contributed by atoms with E-state index in [2.05, 4.69) is 30.3 Å². The number of fused-ring (bicyclic) bond motifs is 1. The number of imidazole rings is 1. The Labute approximate surface area is 112 Å². The van der Waals surface area contributed by atoms with Gasteiger partial charge < -0.3 is 4.57 Å². The van der Waals surface area contributed by atoms with E-state index < -0.39 is 0 Å². The molecule has 0 amide bonds. The van der Waals surface area contributed by atoms with Crippen molar-refractivity contribution in [1.82, 2.24) is 9.55 Å². The number of halogens is 2. The average molecular weight is 271 g/mol. The van der Waals surface area contributed by atoms with Crippen LogP contribution in [0.25, 0.3) is 11.0 Å². The molecule has 1 unspecified atom stereocenters. The molecule has 0 aliphatic carbocycles. The van der Waals surface area contributed by atoms with E-state index in [1.165, 1.54) is 0 Å². The van der Waals surface area contributed by atoms with Gasteiger partial charge in [0.25, 0.3) is 0 Å². The maximum atomic E-state index is 6.05. The first-order chi connectivity index (χ1) is 8.04. The number of hydrogen-bond acceptors (Lipinski definition) is 1. The Balaban J connectivity index is 2.68.